The van der Waals surface area contributed by atoms with Crippen LogP contribution in [-0.4, -0.2) is 25.2 Å². The number of ether oxygens (including phenoxy) is 2. The lowest BCUT2D eigenvalue weighted by Gasteiger charge is -2.13. The highest BCUT2D eigenvalue weighted by Crippen LogP contribution is 2.32. The van der Waals surface area contributed by atoms with Crippen LogP contribution in [0, 0.1) is 0 Å². The molecule has 0 fully saturated rings. The van der Waals surface area contributed by atoms with Crippen molar-refractivity contribution < 1.29 is 14.3 Å². The van der Waals surface area contributed by atoms with Gasteiger partial charge in [0.1, 0.15) is 12.4 Å². The van der Waals surface area contributed by atoms with Gasteiger partial charge >= 0.3 is 5.97 Å². The van der Waals surface area contributed by atoms with Crippen LogP contribution < -0.4 is 9.46 Å². The molecule has 116 valence electrons. The van der Waals surface area contributed by atoms with E-state index in [0.717, 1.165) is 17.1 Å². The molecule has 1 atom stereocenters. The second kappa shape index (κ2) is 8.29. The van der Waals surface area contributed by atoms with Crippen molar-refractivity contribution in [2.24, 2.45) is 0 Å². The average Bonchev–Trinajstić information content (AvgIpc) is 2.70. The zero-order valence-electron chi connectivity index (χ0n) is 12.7. The van der Waals surface area contributed by atoms with Crippen LogP contribution in [0.25, 0.3) is 0 Å². The third-order valence-electron chi connectivity index (χ3n) is 3.39. The Morgan fingerprint density at radius 2 is 2.29 bits per heavy atom. The molecule has 1 heterocycles. The van der Waals surface area contributed by atoms with Crippen molar-refractivity contribution in [1.82, 2.24) is 4.72 Å². The number of carbonyl (C=O) groups excluding carboxylic acids is 1. The van der Waals surface area contributed by atoms with Gasteiger partial charge in [-0.2, -0.15) is 0 Å². The van der Waals surface area contributed by atoms with E-state index in [1.807, 2.05) is 6.07 Å². The molecule has 1 aliphatic heterocycles. The second-order valence-corrected chi connectivity index (χ2v) is 5.99. The first kappa shape index (κ1) is 16.2. The van der Waals surface area contributed by atoms with Crippen molar-refractivity contribution in [3.8, 4) is 5.75 Å². The summed E-state index contributed by atoms with van der Waals surface area (Å²) in [6.45, 7) is 5.03. The van der Waals surface area contributed by atoms with Crippen LogP contribution in [-0.2, 0) is 4.74 Å². The van der Waals surface area contributed by atoms with Crippen LogP contribution in [0.15, 0.2) is 23.1 Å². The summed E-state index contributed by atoms with van der Waals surface area (Å²) in [7, 11) is 0. The fourth-order valence-corrected chi connectivity index (χ4v) is 3.03. The van der Waals surface area contributed by atoms with Gasteiger partial charge in [-0.15, -0.1) is 0 Å². The van der Waals surface area contributed by atoms with Crippen molar-refractivity contribution in [2.75, 3.05) is 13.2 Å². The van der Waals surface area contributed by atoms with Gasteiger partial charge in [-0.3, -0.25) is 4.72 Å². The molecule has 0 saturated carbocycles. The SMILES string of the molecule is CCCCCC1COc2cc(C(=O)OCC)ccc2SN1. The van der Waals surface area contributed by atoms with Gasteiger partial charge in [-0.1, -0.05) is 26.2 Å². The van der Waals surface area contributed by atoms with E-state index >= 15 is 0 Å². The van der Waals surface area contributed by atoms with Gasteiger partial charge < -0.3 is 9.47 Å². The number of esters is 1. The molecule has 0 radical (unpaired) electrons. The number of nitrogens with one attached hydrogen (secondary N) is 1. The van der Waals surface area contributed by atoms with E-state index in [0.29, 0.717) is 24.8 Å². The Labute approximate surface area is 130 Å². The highest BCUT2D eigenvalue weighted by molar-refractivity contribution is 7.97. The summed E-state index contributed by atoms with van der Waals surface area (Å²) in [5.41, 5.74) is 0.542. The average molecular weight is 309 g/mol. The Balaban J connectivity index is 1.99. The number of hydrogen-bond donors (Lipinski definition) is 1. The van der Waals surface area contributed by atoms with Crippen LogP contribution >= 0.6 is 11.9 Å². The zero-order chi connectivity index (χ0) is 15.1. The molecule has 0 aromatic heterocycles. The lowest BCUT2D eigenvalue weighted by Crippen LogP contribution is -2.28. The van der Waals surface area contributed by atoms with Crippen LogP contribution in [0.1, 0.15) is 49.9 Å². The summed E-state index contributed by atoms with van der Waals surface area (Å²) >= 11 is 1.58. The maximum Gasteiger partial charge on any atom is 0.338 e. The smallest absolute Gasteiger partial charge is 0.338 e. The Morgan fingerprint density at radius 3 is 3.05 bits per heavy atom. The first-order chi connectivity index (χ1) is 10.2. The number of hydrogen-bond acceptors (Lipinski definition) is 5. The molecule has 1 N–H and O–H groups in total. The topological polar surface area (TPSA) is 47.6 Å². The Hall–Kier alpha value is -1.20. The monoisotopic (exact) mass is 309 g/mol. The van der Waals surface area contributed by atoms with E-state index < -0.39 is 0 Å². The van der Waals surface area contributed by atoms with Crippen molar-refractivity contribution in [2.45, 2.75) is 50.5 Å². The molecule has 2 rings (SSSR count). The molecule has 21 heavy (non-hydrogen) atoms. The first-order valence-corrected chi connectivity index (χ1v) is 8.42. The third kappa shape index (κ3) is 4.64. The minimum absolute atomic E-state index is 0.300. The van der Waals surface area contributed by atoms with Gasteiger partial charge in [0.05, 0.1) is 23.1 Å². The molecule has 0 amide bonds. The van der Waals surface area contributed by atoms with Gasteiger partial charge in [0.15, 0.2) is 0 Å². The van der Waals surface area contributed by atoms with Crippen molar-refractivity contribution in [1.29, 1.82) is 0 Å². The van der Waals surface area contributed by atoms with Crippen molar-refractivity contribution >= 4 is 17.9 Å². The molecule has 1 aromatic rings. The molecule has 1 unspecified atom stereocenters. The summed E-state index contributed by atoms with van der Waals surface area (Å²) in [5.74, 6) is 0.460. The predicted octanol–water partition coefficient (Wildman–Crippen LogP) is 3.80. The molecule has 0 spiro atoms. The molecular formula is C16H23NO3S. The molecular weight excluding hydrogens is 286 g/mol. The molecule has 1 aliphatic rings. The number of fused-ring (bicyclic) bond motifs is 1. The maximum absolute atomic E-state index is 11.8. The summed E-state index contributed by atoms with van der Waals surface area (Å²) in [5, 5.41) is 0. The molecule has 0 aliphatic carbocycles. The molecule has 0 bridgehead atoms. The van der Waals surface area contributed by atoms with Crippen LogP contribution in [0.5, 0.6) is 5.75 Å². The summed E-state index contributed by atoms with van der Waals surface area (Å²) in [6, 6.07) is 5.82. The van der Waals surface area contributed by atoms with E-state index in [-0.39, 0.29) is 5.97 Å². The first-order valence-electron chi connectivity index (χ1n) is 7.61. The van der Waals surface area contributed by atoms with Gasteiger partial charge in [0, 0.05) is 0 Å². The van der Waals surface area contributed by atoms with Gasteiger partial charge in [-0.25, -0.2) is 4.79 Å². The Morgan fingerprint density at radius 1 is 1.43 bits per heavy atom. The van der Waals surface area contributed by atoms with Gasteiger partial charge in [0.25, 0.3) is 0 Å². The number of rotatable bonds is 6. The fourth-order valence-electron chi connectivity index (χ4n) is 2.20. The number of unbranched alkanes of at least 4 members (excludes halogenated alkanes) is 2. The molecule has 0 saturated heterocycles. The highest BCUT2D eigenvalue weighted by atomic mass is 32.2. The van der Waals surface area contributed by atoms with Crippen LogP contribution in [0.4, 0.5) is 0 Å². The standard InChI is InChI=1S/C16H23NO3S/c1-3-5-6-7-13-11-20-14-10-12(16(18)19-4-2)8-9-15(14)21-17-13/h8-10,13,17H,3-7,11H2,1-2H3. The number of benzene rings is 1. The van der Waals surface area contributed by atoms with Gasteiger partial charge in [-0.05, 0) is 43.5 Å². The minimum atomic E-state index is -0.300. The Kier molecular flexibility index (Phi) is 6.39. The maximum atomic E-state index is 11.8. The third-order valence-corrected chi connectivity index (χ3v) is 4.39. The molecule has 5 heteroatoms. The number of carbonyl (C=O) groups is 1. The van der Waals surface area contributed by atoms with E-state index in [9.17, 15) is 4.79 Å². The van der Waals surface area contributed by atoms with Crippen LogP contribution in [0.3, 0.4) is 0 Å². The van der Waals surface area contributed by atoms with E-state index in [2.05, 4.69) is 11.6 Å². The highest BCUT2D eigenvalue weighted by Gasteiger charge is 2.19. The normalized spacial score (nSPS) is 17.5. The second-order valence-electron chi connectivity index (χ2n) is 5.11. The Bertz CT molecular complexity index is 479. The van der Waals surface area contributed by atoms with Gasteiger partial charge in [0.2, 0.25) is 0 Å². The van der Waals surface area contributed by atoms with E-state index in [1.54, 1.807) is 31.0 Å². The van der Waals surface area contributed by atoms with Crippen LogP contribution in [0.2, 0.25) is 0 Å². The van der Waals surface area contributed by atoms with Crippen molar-refractivity contribution in [3.05, 3.63) is 23.8 Å². The summed E-state index contributed by atoms with van der Waals surface area (Å²) in [6.07, 6.45) is 4.80. The van der Waals surface area contributed by atoms with Crippen molar-refractivity contribution in [3.63, 3.8) is 0 Å². The minimum Gasteiger partial charge on any atom is -0.491 e. The quantitative estimate of drug-likeness (QED) is 0.492. The molecule has 1 aromatic carbocycles. The lowest BCUT2D eigenvalue weighted by molar-refractivity contribution is 0.0525. The predicted molar refractivity (Wildman–Crippen MR) is 84.8 cm³/mol. The van der Waals surface area contributed by atoms with E-state index in [1.165, 1.54) is 19.3 Å². The largest absolute Gasteiger partial charge is 0.491 e. The lowest BCUT2D eigenvalue weighted by atomic mass is 10.1. The van der Waals surface area contributed by atoms with E-state index in [4.69, 9.17) is 9.47 Å². The molecule has 4 nitrogen and oxygen atoms in total. The summed E-state index contributed by atoms with van der Waals surface area (Å²) < 4.78 is 14.3. The zero-order valence-corrected chi connectivity index (χ0v) is 13.5. The fraction of sp³-hybridized carbons (Fsp3) is 0.562. The summed E-state index contributed by atoms with van der Waals surface area (Å²) in [4.78, 5) is 12.8.